The normalized spacial score (nSPS) is 16.3. The SMILES string of the molecule is NNC(=O)c1cn(CCN2CC(=O)NC(=O)C2)nn1. The number of amides is 3. The zero-order chi connectivity index (χ0) is 13.8. The van der Waals surface area contributed by atoms with Crippen molar-refractivity contribution >= 4 is 17.7 Å². The molecule has 1 aliphatic rings. The molecule has 0 aromatic carbocycles. The maximum atomic E-state index is 11.2. The average molecular weight is 267 g/mol. The van der Waals surface area contributed by atoms with E-state index in [0.717, 1.165) is 0 Å². The van der Waals surface area contributed by atoms with Crippen LogP contribution in [0.1, 0.15) is 10.5 Å². The van der Waals surface area contributed by atoms with Crippen LogP contribution in [0.4, 0.5) is 0 Å². The Bertz CT molecular complexity index is 496. The van der Waals surface area contributed by atoms with Gasteiger partial charge in [0.2, 0.25) is 11.8 Å². The smallest absolute Gasteiger partial charge is 0.287 e. The van der Waals surface area contributed by atoms with Crippen LogP contribution < -0.4 is 16.6 Å². The average Bonchev–Trinajstić information content (AvgIpc) is 2.83. The first-order valence-corrected chi connectivity index (χ1v) is 5.54. The molecule has 10 heteroatoms. The molecule has 0 atom stereocenters. The highest BCUT2D eigenvalue weighted by atomic mass is 16.2. The van der Waals surface area contributed by atoms with Gasteiger partial charge in [0.25, 0.3) is 5.91 Å². The van der Waals surface area contributed by atoms with Crippen molar-refractivity contribution in [1.82, 2.24) is 30.6 Å². The molecule has 10 nitrogen and oxygen atoms in total. The molecule has 1 fully saturated rings. The van der Waals surface area contributed by atoms with Crippen LogP contribution in [0.2, 0.25) is 0 Å². The molecule has 2 heterocycles. The van der Waals surface area contributed by atoms with Gasteiger partial charge in [-0.05, 0) is 0 Å². The van der Waals surface area contributed by atoms with Crippen LogP contribution in [0.3, 0.4) is 0 Å². The molecule has 0 radical (unpaired) electrons. The number of nitrogens with zero attached hydrogens (tertiary/aromatic N) is 4. The molecule has 1 aromatic rings. The summed E-state index contributed by atoms with van der Waals surface area (Å²) in [6, 6.07) is 0. The fourth-order valence-electron chi connectivity index (χ4n) is 1.68. The Morgan fingerprint density at radius 2 is 2.05 bits per heavy atom. The van der Waals surface area contributed by atoms with Crippen LogP contribution >= 0.6 is 0 Å². The van der Waals surface area contributed by atoms with Crippen LogP contribution in [0.5, 0.6) is 0 Å². The van der Waals surface area contributed by atoms with E-state index < -0.39 is 5.91 Å². The number of nitrogen functional groups attached to an aromatic ring is 1. The minimum atomic E-state index is -0.529. The highest BCUT2D eigenvalue weighted by molar-refractivity contribution is 5.99. The first-order valence-electron chi connectivity index (χ1n) is 5.54. The van der Waals surface area contributed by atoms with E-state index in [-0.39, 0.29) is 30.6 Å². The zero-order valence-corrected chi connectivity index (χ0v) is 10.00. The van der Waals surface area contributed by atoms with Gasteiger partial charge in [-0.15, -0.1) is 5.10 Å². The number of hydrogen-bond donors (Lipinski definition) is 3. The second-order valence-corrected chi connectivity index (χ2v) is 4.02. The van der Waals surface area contributed by atoms with Crippen LogP contribution in [-0.2, 0) is 16.1 Å². The van der Waals surface area contributed by atoms with Crippen LogP contribution in [0.25, 0.3) is 0 Å². The third-order valence-electron chi connectivity index (χ3n) is 2.56. The van der Waals surface area contributed by atoms with Crippen LogP contribution in [-0.4, -0.2) is 57.2 Å². The number of aromatic nitrogens is 3. The molecule has 1 aliphatic heterocycles. The number of nitrogens with one attached hydrogen (secondary N) is 2. The van der Waals surface area contributed by atoms with Crippen molar-refractivity contribution in [2.45, 2.75) is 6.54 Å². The molecule has 0 bridgehead atoms. The van der Waals surface area contributed by atoms with Gasteiger partial charge < -0.3 is 0 Å². The summed E-state index contributed by atoms with van der Waals surface area (Å²) in [5.41, 5.74) is 2.06. The van der Waals surface area contributed by atoms with Crippen molar-refractivity contribution in [3.05, 3.63) is 11.9 Å². The van der Waals surface area contributed by atoms with E-state index in [4.69, 9.17) is 5.84 Å². The molecule has 0 unspecified atom stereocenters. The maximum Gasteiger partial charge on any atom is 0.287 e. The Hall–Kier alpha value is -2.33. The Morgan fingerprint density at radius 3 is 2.68 bits per heavy atom. The standard InChI is InChI=1S/C9H13N7O3/c10-12-9(19)6-3-16(14-13-6)2-1-15-4-7(17)11-8(18)5-15/h3H,1-2,4-5,10H2,(H,12,19)(H,11,17,18). The van der Waals surface area contributed by atoms with Crippen molar-refractivity contribution in [3.63, 3.8) is 0 Å². The number of nitrogens with two attached hydrogens (primary N) is 1. The second kappa shape index (κ2) is 5.54. The topological polar surface area (TPSA) is 135 Å². The predicted molar refractivity (Wildman–Crippen MR) is 61.3 cm³/mol. The lowest BCUT2D eigenvalue weighted by atomic mass is 10.3. The molecule has 1 aromatic heterocycles. The Kier molecular flexibility index (Phi) is 3.82. The molecule has 2 rings (SSSR count). The van der Waals surface area contributed by atoms with Gasteiger partial charge in [0.05, 0.1) is 25.8 Å². The second-order valence-electron chi connectivity index (χ2n) is 4.02. The van der Waals surface area contributed by atoms with E-state index in [1.807, 2.05) is 5.43 Å². The number of piperazine rings is 1. The molecular formula is C9H13N7O3. The number of hydrogen-bond acceptors (Lipinski definition) is 7. The van der Waals surface area contributed by atoms with Crippen molar-refractivity contribution < 1.29 is 14.4 Å². The number of hydrazine groups is 1. The number of rotatable bonds is 4. The summed E-state index contributed by atoms with van der Waals surface area (Å²) < 4.78 is 1.45. The van der Waals surface area contributed by atoms with Gasteiger partial charge in [-0.1, -0.05) is 5.21 Å². The fourth-order valence-corrected chi connectivity index (χ4v) is 1.68. The van der Waals surface area contributed by atoms with Crippen molar-refractivity contribution in [1.29, 1.82) is 0 Å². The van der Waals surface area contributed by atoms with E-state index in [9.17, 15) is 14.4 Å². The summed E-state index contributed by atoms with van der Waals surface area (Å²) in [6.07, 6.45) is 1.44. The summed E-state index contributed by atoms with van der Waals surface area (Å²) in [4.78, 5) is 35.1. The van der Waals surface area contributed by atoms with Crippen LogP contribution in [0, 0.1) is 0 Å². The first-order chi connectivity index (χ1) is 9.08. The van der Waals surface area contributed by atoms with Gasteiger partial charge in [-0.25, -0.2) is 5.84 Å². The summed E-state index contributed by atoms with van der Waals surface area (Å²) in [5.74, 6) is 3.80. The molecule has 1 saturated heterocycles. The van der Waals surface area contributed by atoms with E-state index in [2.05, 4.69) is 15.6 Å². The number of imide groups is 1. The third kappa shape index (κ3) is 3.33. The lowest BCUT2D eigenvalue weighted by Gasteiger charge is -2.24. The lowest BCUT2D eigenvalue weighted by molar-refractivity contribution is -0.136. The summed E-state index contributed by atoms with van der Waals surface area (Å²) >= 11 is 0. The number of carbonyl (C=O) groups excluding carboxylic acids is 3. The predicted octanol–water partition coefficient (Wildman–Crippen LogP) is -3.16. The number of carbonyl (C=O) groups is 3. The highest BCUT2D eigenvalue weighted by Gasteiger charge is 2.22. The molecule has 19 heavy (non-hydrogen) atoms. The van der Waals surface area contributed by atoms with Gasteiger partial charge >= 0.3 is 0 Å². The van der Waals surface area contributed by atoms with E-state index >= 15 is 0 Å². The van der Waals surface area contributed by atoms with Crippen molar-refractivity contribution in [2.75, 3.05) is 19.6 Å². The first kappa shape index (κ1) is 13.1. The maximum absolute atomic E-state index is 11.2. The largest absolute Gasteiger partial charge is 0.294 e. The molecule has 4 N–H and O–H groups in total. The molecule has 3 amide bonds. The molecular weight excluding hydrogens is 254 g/mol. The Morgan fingerprint density at radius 1 is 1.37 bits per heavy atom. The van der Waals surface area contributed by atoms with Crippen LogP contribution in [0.15, 0.2) is 6.20 Å². The van der Waals surface area contributed by atoms with E-state index in [0.29, 0.717) is 13.1 Å². The Labute approximate surface area is 107 Å². The minimum absolute atomic E-state index is 0.106. The quantitative estimate of drug-likeness (QED) is 0.227. The fraction of sp³-hybridized carbons (Fsp3) is 0.444. The lowest BCUT2D eigenvalue weighted by Crippen LogP contribution is -2.52. The monoisotopic (exact) mass is 267 g/mol. The molecule has 0 spiro atoms. The molecule has 0 aliphatic carbocycles. The molecule has 0 saturated carbocycles. The summed E-state index contributed by atoms with van der Waals surface area (Å²) in [7, 11) is 0. The zero-order valence-electron chi connectivity index (χ0n) is 10.00. The molecule has 102 valence electrons. The van der Waals surface area contributed by atoms with Crippen molar-refractivity contribution in [3.8, 4) is 0 Å². The van der Waals surface area contributed by atoms with Gasteiger partial charge in [0.1, 0.15) is 0 Å². The highest BCUT2D eigenvalue weighted by Crippen LogP contribution is 1.97. The summed E-state index contributed by atoms with van der Waals surface area (Å²) in [6.45, 7) is 1.19. The van der Waals surface area contributed by atoms with Gasteiger partial charge in [-0.3, -0.25) is 34.7 Å². The van der Waals surface area contributed by atoms with Crippen molar-refractivity contribution in [2.24, 2.45) is 5.84 Å². The minimum Gasteiger partial charge on any atom is -0.294 e. The van der Waals surface area contributed by atoms with Gasteiger partial charge in [0, 0.05) is 6.54 Å². The Balaban J connectivity index is 1.88. The summed E-state index contributed by atoms with van der Waals surface area (Å²) in [5, 5.41) is 9.60. The third-order valence-corrected chi connectivity index (χ3v) is 2.56. The van der Waals surface area contributed by atoms with E-state index in [1.54, 1.807) is 4.90 Å². The van der Waals surface area contributed by atoms with Gasteiger partial charge in [-0.2, -0.15) is 0 Å². The van der Waals surface area contributed by atoms with Gasteiger partial charge in [0.15, 0.2) is 5.69 Å². The van der Waals surface area contributed by atoms with E-state index in [1.165, 1.54) is 10.9 Å².